The second-order valence-corrected chi connectivity index (χ2v) is 22.4. The van der Waals surface area contributed by atoms with Crippen molar-refractivity contribution >= 4 is 27.4 Å². The first kappa shape index (κ1) is 59.6. The minimum absolute atomic E-state index is 0.0363. The molecule has 4 heterocycles. The number of aryl methyl sites for hydroxylation is 1. The van der Waals surface area contributed by atoms with Crippen LogP contribution >= 0.6 is 0 Å². The zero-order valence-corrected chi connectivity index (χ0v) is 43.8. The van der Waals surface area contributed by atoms with E-state index in [2.05, 4.69) is 4.98 Å². The monoisotopic (exact) mass is 995 g/mol. The highest BCUT2D eigenvalue weighted by Gasteiger charge is 2.54. The van der Waals surface area contributed by atoms with E-state index in [9.17, 15) is 48.5 Å². The summed E-state index contributed by atoms with van der Waals surface area (Å²) in [5.41, 5.74) is -4.24. The maximum absolute atomic E-state index is 14.2. The number of sulfone groups is 1. The molecule has 18 atom stereocenters. The third kappa shape index (κ3) is 13.8. The molecular formula is C46H82N4O17S. The van der Waals surface area contributed by atoms with Crippen LogP contribution in [0.4, 0.5) is 5.82 Å². The third-order valence-corrected chi connectivity index (χ3v) is 16.2. The van der Waals surface area contributed by atoms with Gasteiger partial charge in [-0.15, -0.1) is 0 Å². The van der Waals surface area contributed by atoms with Crippen molar-refractivity contribution in [2.45, 2.75) is 200 Å². The van der Waals surface area contributed by atoms with Crippen LogP contribution in [-0.2, 0) is 59.1 Å². The molecule has 4 rings (SSSR count). The molecule has 1 aromatic heterocycles. The molecule has 0 spiro atoms. The molecule has 3 saturated heterocycles. The van der Waals surface area contributed by atoms with Crippen LogP contribution in [0.25, 0.3) is 0 Å². The van der Waals surface area contributed by atoms with Gasteiger partial charge in [-0.25, -0.2) is 18.0 Å². The maximum Gasteiger partial charge on any atom is 0.342 e. The molecule has 22 heteroatoms. The van der Waals surface area contributed by atoms with Crippen molar-refractivity contribution in [1.82, 2.24) is 14.5 Å². The molecule has 0 saturated carbocycles. The number of aromatic nitrogens is 2. The number of nitrogens with zero attached hydrogens (tertiary/aromatic N) is 4. The normalized spacial score (nSPS) is 40.2. The number of nitro groups is 1. The molecule has 0 aromatic carbocycles. The van der Waals surface area contributed by atoms with Gasteiger partial charge in [0.25, 0.3) is 0 Å². The number of hydrogen-bond donors (Lipinski definition) is 4. The molecule has 21 nitrogen and oxygen atoms in total. The fraction of sp³-hybridized carbons (Fsp3) is 0.891. The molecule has 3 fully saturated rings. The van der Waals surface area contributed by atoms with E-state index < -0.39 is 117 Å². The van der Waals surface area contributed by atoms with Gasteiger partial charge in [-0.05, 0) is 79.8 Å². The van der Waals surface area contributed by atoms with E-state index in [-0.39, 0.29) is 61.1 Å². The first-order valence-corrected chi connectivity index (χ1v) is 25.4. The number of carbonyl (C=O) groups excluding carboxylic acids is 2. The van der Waals surface area contributed by atoms with Gasteiger partial charge in [-0.3, -0.25) is 9.59 Å². The van der Waals surface area contributed by atoms with Gasteiger partial charge in [-0.2, -0.15) is 0 Å². The van der Waals surface area contributed by atoms with Crippen molar-refractivity contribution in [3.63, 3.8) is 0 Å². The number of imidazole rings is 1. The quantitative estimate of drug-likeness (QED) is 0.126. The average molecular weight is 995 g/mol. The smallest absolute Gasteiger partial charge is 0.342 e. The topological polar surface area (TPSA) is 278 Å². The Morgan fingerprint density at radius 3 is 2.07 bits per heavy atom. The van der Waals surface area contributed by atoms with E-state index in [4.69, 9.17) is 33.2 Å². The van der Waals surface area contributed by atoms with E-state index in [1.165, 1.54) is 25.7 Å². The van der Waals surface area contributed by atoms with Crippen molar-refractivity contribution in [3.8, 4) is 0 Å². The molecule has 3 aliphatic rings. The van der Waals surface area contributed by atoms with Crippen LogP contribution in [0.1, 0.15) is 108 Å². The molecule has 0 aliphatic carbocycles. The van der Waals surface area contributed by atoms with Crippen LogP contribution in [0.3, 0.4) is 0 Å². The second kappa shape index (κ2) is 24.1. The zero-order chi connectivity index (χ0) is 52.0. The lowest BCUT2D eigenvalue weighted by atomic mass is 9.74. The lowest BCUT2D eigenvalue weighted by Crippen LogP contribution is -2.61. The van der Waals surface area contributed by atoms with E-state index >= 15 is 0 Å². The summed E-state index contributed by atoms with van der Waals surface area (Å²) in [5.74, 6) is -4.28. The predicted octanol–water partition coefficient (Wildman–Crippen LogP) is 2.97. The Bertz CT molecular complexity index is 1940. The van der Waals surface area contributed by atoms with Gasteiger partial charge < -0.3 is 68.6 Å². The van der Waals surface area contributed by atoms with E-state index in [0.29, 0.717) is 12.2 Å². The Morgan fingerprint density at radius 1 is 0.941 bits per heavy atom. The number of ether oxygens (including phenoxy) is 7. The van der Waals surface area contributed by atoms with Crippen LogP contribution in [0.15, 0.2) is 6.20 Å². The minimum atomic E-state index is -3.13. The highest BCUT2D eigenvalue weighted by atomic mass is 32.2. The zero-order valence-electron chi connectivity index (χ0n) is 43.0. The number of ketones is 1. The van der Waals surface area contributed by atoms with Crippen molar-refractivity contribution in [2.24, 2.45) is 23.7 Å². The number of esters is 1. The minimum Gasteiger partial charge on any atom is -0.459 e. The number of hydrogen-bond acceptors (Lipinski definition) is 19. The van der Waals surface area contributed by atoms with E-state index in [0.717, 1.165) is 6.20 Å². The summed E-state index contributed by atoms with van der Waals surface area (Å²) in [5, 5.41) is 56.2. The molecule has 68 heavy (non-hydrogen) atoms. The van der Waals surface area contributed by atoms with Crippen LogP contribution in [0.5, 0.6) is 0 Å². The number of rotatable bonds is 13. The van der Waals surface area contributed by atoms with Crippen molar-refractivity contribution in [1.29, 1.82) is 0 Å². The van der Waals surface area contributed by atoms with Gasteiger partial charge in [0, 0.05) is 57.1 Å². The first-order valence-electron chi connectivity index (χ1n) is 23.6. The molecule has 0 bridgehead atoms. The molecule has 1 aromatic rings. The van der Waals surface area contributed by atoms with Gasteiger partial charge in [0.1, 0.15) is 42.4 Å². The van der Waals surface area contributed by atoms with Gasteiger partial charge in [-0.1, -0.05) is 34.6 Å². The molecular weight excluding hydrogens is 913 g/mol. The Hall–Kier alpha value is -2.74. The summed E-state index contributed by atoms with van der Waals surface area (Å²) < 4.78 is 67.7. The number of Topliss-reactive ketones (excluding diaryl/α,β-unsaturated/α-hetero) is 1. The Kier molecular flexibility index (Phi) is 21.1. The highest BCUT2D eigenvalue weighted by Crippen LogP contribution is 2.42. The number of likely N-dealkylation sites (N-methyl/N-ethyl adjacent to an activating group) is 1. The lowest BCUT2D eigenvalue weighted by Gasteiger charge is -2.50. The SMILES string of the molecule is CCS(=O)(=O)CCn1c([N+](=O)[O-])cnc1C.CC[C@H]1OC(=O)[C@H](C)[C@@H](O[C@H]2C[C@@](C)(OC)[C@@H](O)[C@H](C)O2)C(C)[C@@H](O[C@@H]2O[C@H](C)C[C@H](N(C)C)[C@H]2O)[C@](C)(OC)C[C@@H](C)C(=O)[C@H](C)[C@@H](O)[C@]1(C)O. The van der Waals surface area contributed by atoms with Crippen LogP contribution in [0.2, 0.25) is 0 Å². The largest absolute Gasteiger partial charge is 0.459 e. The number of aliphatic hydroxyl groups excluding tert-OH is 3. The first-order chi connectivity index (χ1) is 31.4. The van der Waals surface area contributed by atoms with Gasteiger partial charge in [0.15, 0.2) is 28.2 Å². The van der Waals surface area contributed by atoms with E-state index in [1.54, 1.807) is 62.3 Å². The molecule has 0 radical (unpaired) electrons. The highest BCUT2D eigenvalue weighted by molar-refractivity contribution is 7.91. The van der Waals surface area contributed by atoms with Crippen LogP contribution < -0.4 is 0 Å². The summed E-state index contributed by atoms with van der Waals surface area (Å²) >= 11 is 0. The molecule has 3 aliphatic heterocycles. The Morgan fingerprint density at radius 2 is 1.54 bits per heavy atom. The molecule has 1 unspecified atom stereocenters. The number of methoxy groups -OCH3 is 2. The van der Waals surface area contributed by atoms with Crippen LogP contribution in [-0.4, -0.2) is 184 Å². The average Bonchev–Trinajstić information content (AvgIpc) is 3.66. The Labute approximate surface area is 402 Å². The van der Waals surface area contributed by atoms with Gasteiger partial charge in [0.05, 0.1) is 53.4 Å². The summed E-state index contributed by atoms with van der Waals surface area (Å²) in [6, 6.07) is -0.283. The maximum atomic E-state index is 14.2. The third-order valence-electron chi connectivity index (χ3n) is 14.6. The van der Waals surface area contributed by atoms with Crippen molar-refractivity contribution in [3.05, 3.63) is 22.1 Å². The van der Waals surface area contributed by atoms with Crippen LogP contribution in [0, 0.1) is 40.7 Å². The predicted molar refractivity (Wildman–Crippen MR) is 249 cm³/mol. The Balaban J connectivity index is 0.000000644. The molecule has 394 valence electrons. The summed E-state index contributed by atoms with van der Waals surface area (Å²) in [6.45, 7) is 20.3. The summed E-state index contributed by atoms with van der Waals surface area (Å²) in [6.07, 6.45) is -7.60. The fourth-order valence-corrected chi connectivity index (χ4v) is 10.6. The number of aliphatic hydroxyl groups is 4. The van der Waals surface area contributed by atoms with Crippen molar-refractivity contribution < 1.29 is 76.5 Å². The van der Waals surface area contributed by atoms with Gasteiger partial charge in [0.2, 0.25) is 0 Å². The van der Waals surface area contributed by atoms with Gasteiger partial charge >= 0.3 is 11.8 Å². The van der Waals surface area contributed by atoms with Crippen molar-refractivity contribution in [2.75, 3.05) is 39.8 Å². The fourth-order valence-electron chi connectivity index (χ4n) is 9.84. The van der Waals surface area contributed by atoms with E-state index in [1.807, 2.05) is 32.8 Å². The number of carbonyl (C=O) groups is 2. The summed E-state index contributed by atoms with van der Waals surface area (Å²) in [7, 11) is 3.64. The molecule has 0 amide bonds. The number of cyclic esters (lactones) is 1. The summed E-state index contributed by atoms with van der Waals surface area (Å²) in [4.78, 5) is 43.9. The molecule has 4 N–H and O–H groups in total. The second-order valence-electron chi connectivity index (χ2n) is 19.9. The standard InChI is InChI=1S/C38H69NO13.C8H13N3O4S/c1-15-26-38(10,45)31(42)21(4)28(40)19(2)17-37(9,47-14)33(52-35-29(41)25(39(11)12)16-20(3)48-35)22(5)30(23(6)34(44)50-26)51-27-18-36(8,46-13)32(43)24(7)49-27;1-3-16(14,15)5-4-10-7(2)9-6-8(10)11(12)13/h19-27,29-33,35,41-43,45H,15-18H2,1-14H3;6H,3-5H2,1-2H3/t19-,20-,21+,22?,23-,24+,25+,26-,27+,29-,30+,31-,32+,33-,35+,36-,37-,38-;/m1./s1. The lowest BCUT2D eigenvalue weighted by molar-refractivity contribution is -0.392.